The van der Waals surface area contributed by atoms with Crippen molar-refractivity contribution in [3.05, 3.63) is 56.4 Å². The Morgan fingerprint density at radius 1 is 0.810 bits per heavy atom. The van der Waals surface area contributed by atoms with Crippen LogP contribution in [0.3, 0.4) is 0 Å². The van der Waals surface area contributed by atoms with E-state index in [-0.39, 0.29) is 21.6 Å². The molecule has 2 aromatic carbocycles. The van der Waals surface area contributed by atoms with Gasteiger partial charge in [0.25, 0.3) is 0 Å². The van der Waals surface area contributed by atoms with Gasteiger partial charge in [-0.05, 0) is 24.3 Å². The Balaban J connectivity index is 2.36. The topological polar surface area (TPSA) is 25.8 Å². The van der Waals surface area contributed by atoms with E-state index in [1.54, 1.807) is 18.2 Å². The maximum absolute atomic E-state index is 14.1. The van der Waals surface area contributed by atoms with Crippen molar-refractivity contribution in [2.75, 3.05) is 0 Å². The monoisotopic (exact) mass is 360 g/mol. The summed E-state index contributed by atoms with van der Waals surface area (Å²) in [7, 11) is 0. The fourth-order valence-corrected chi connectivity index (χ4v) is 2.86. The highest BCUT2D eigenvalue weighted by Crippen LogP contribution is 2.35. The van der Waals surface area contributed by atoms with Crippen LogP contribution in [0.1, 0.15) is 0 Å². The second-order valence-electron chi connectivity index (χ2n) is 4.19. The molecule has 0 saturated carbocycles. The van der Waals surface area contributed by atoms with Gasteiger partial charge in [0.1, 0.15) is 5.15 Å². The molecular formula is C14H5Cl4FN2. The zero-order valence-corrected chi connectivity index (χ0v) is 13.2. The molecule has 0 fully saturated rings. The maximum atomic E-state index is 14.1. The first kappa shape index (κ1) is 14.8. The second-order valence-corrected chi connectivity index (χ2v) is 5.77. The molecule has 0 atom stereocenters. The van der Waals surface area contributed by atoms with Gasteiger partial charge in [-0.3, -0.25) is 0 Å². The molecule has 3 aromatic rings. The van der Waals surface area contributed by atoms with Gasteiger partial charge in [-0.2, -0.15) is 0 Å². The van der Waals surface area contributed by atoms with Crippen LogP contribution in [0.4, 0.5) is 4.39 Å². The summed E-state index contributed by atoms with van der Waals surface area (Å²) < 4.78 is 14.1. The second kappa shape index (κ2) is 5.58. The fourth-order valence-electron chi connectivity index (χ4n) is 1.92. The molecule has 0 bridgehead atoms. The number of nitrogens with zero attached hydrogens (tertiary/aromatic N) is 2. The molecule has 3 rings (SSSR count). The highest BCUT2D eigenvalue weighted by atomic mass is 35.5. The molecule has 0 radical (unpaired) electrons. The van der Waals surface area contributed by atoms with Gasteiger partial charge in [-0.15, -0.1) is 0 Å². The average Bonchev–Trinajstić information content (AvgIpc) is 2.45. The highest BCUT2D eigenvalue weighted by Gasteiger charge is 2.16. The summed E-state index contributed by atoms with van der Waals surface area (Å²) in [6.07, 6.45) is 0. The lowest BCUT2D eigenvalue weighted by Gasteiger charge is -2.08. The van der Waals surface area contributed by atoms with Gasteiger partial charge >= 0.3 is 0 Å². The molecule has 0 N–H and O–H groups in total. The predicted octanol–water partition coefficient (Wildman–Crippen LogP) is 6.05. The van der Waals surface area contributed by atoms with Crippen molar-refractivity contribution >= 4 is 57.3 Å². The van der Waals surface area contributed by atoms with Crippen molar-refractivity contribution < 1.29 is 4.39 Å². The van der Waals surface area contributed by atoms with Crippen LogP contribution in [0.2, 0.25) is 20.2 Å². The van der Waals surface area contributed by atoms with Gasteiger partial charge in [0, 0.05) is 0 Å². The molecule has 0 amide bonds. The summed E-state index contributed by atoms with van der Waals surface area (Å²) in [6.45, 7) is 0. The predicted molar refractivity (Wildman–Crippen MR) is 85.0 cm³/mol. The van der Waals surface area contributed by atoms with Gasteiger partial charge in [-0.25, -0.2) is 14.4 Å². The molecule has 1 aromatic heterocycles. The van der Waals surface area contributed by atoms with Crippen LogP contribution in [0.5, 0.6) is 0 Å². The van der Waals surface area contributed by atoms with Gasteiger partial charge < -0.3 is 0 Å². The van der Waals surface area contributed by atoms with E-state index in [0.717, 1.165) is 0 Å². The van der Waals surface area contributed by atoms with E-state index in [2.05, 4.69) is 9.97 Å². The van der Waals surface area contributed by atoms with Crippen LogP contribution in [-0.2, 0) is 0 Å². The quantitative estimate of drug-likeness (QED) is 0.493. The van der Waals surface area contributed by atoms with Crippen LogP contribution in [0.25, 0.3) is 22.3 Å². The van der Waals surface area contributed by atoms with E-state index in [1.165, 1.54) is 12.1 Å². The van der Waals surface area contributed by atoms with Crippen molar-refractivity contribution in [1.82, 2.24) is 9.97 Å². The number of benzene rings is 2. The maximum Gasteiger partial charge on any atom is 0.164 e. The number of hydrogen-bond acceptors (Lipinski definition) is 2. The number of fused-ring (bicyclic) bond motifs is 1. The van der Waals surface area contributed by atoms with Gasteiger partial charge in [0.15, 0.2) is 11.6 Å². The molecule has 1 heterocycles. The van der Waals surface area contributed by atoms with E-state index in [9.17, 15) is 4.39 Å². The summed E-state index contributed by atoms with van der Waals surface area (Å²) in [5, 5.41) is 1.23. The molecule has 7 heteroatoms. The average molecular weight is 362 g/mol. The van der Waals surface area contributed by atoms with Crippen molar-refractivity contribution in [3.8, 4) is 11.4 Å². The lowest BCUT2D eigenvalue weighted by molar-refractivity contribution is 0.630. The smallest absolute Gasteiger partial charge is 0.164 e. The molecule has 0 aliphatic carbocycles. The molecule has 0 aliphatic rings. The molecule has 0 saturated heterocycles. The van der Waals surface area contributed by atoms with Crippen LogP contribution < -0.4 is 0 Å². The van der Waals surface area contributed by atoms with Crippen molar-refractivity contribution in [2.24, 2.45) is 0 Å². The summed E-state index contributed by atoms with van der Waals surface area (Å²) in [5.74, 6) is -0.524. The highest BCUT2D eigenvalue weighted by molar-refractivity contribution is 6.44. The Morgan fingerprint density at radius 2 is 1.52 bits per heavy atom. The van der Waals surface area contributed by atoms with E-state index in [0.29, 0.717) is 20.9 Å². The van der Waals surface area contributed by atoms with Crippen molar-refractivity contribution in [1.29, 1.82) is 0 Å². The molecule has 0 spiro atoms. The molecule has 106 valence electrons. The molecule has 2 nitrogen and oxygen atoms in total. The third kappa shape index (κ3) is 2.55. The minimum Gasteiger partial charge on any atom is -0.226 e. The number of halogens is 5. The standard InChI is InChI=1S/C14H5Cl4FN2/c15-7-4-5-9(17)12-10(7)13(18)21-14(20-12)6-2-1-3-8(16)11(6)19/h1-5H. The summed E-state index contributed by atoms with van der Waals surface area (Å²) >= 11 is 24.1. The van der Waals surface area contributed by atoms with Crippen LogP contribution in [0, 0.1) is 5.82 Å². The largest absolute Gasteiger partial charge is 0.226 e. The zero-order valence-electron chi connectivity index (χ0n) is 10.2. The van der Waals surface area contributed by atoms with Gasteiger partial charge in [-0.1, -0.05) is 52.5 Å². The minimum absolute atomic E-state index is 0.0236. The minimum atomic E-state index is -0.618. The van der Waals surface area contributed by atoms with Crippen molar-refractivity contribution in [3.63, 3.8) is 0 Å². The first-order chi connectivity index (χ1) is 9.99. The number of aromatic nitrogens is 2. The zero-order chi connectivity index (χ0) is 15.1. The van der Waals surface area contributed by atoms with E-state index in [1.807, 2.05) is 0 Å². The summed E-state index contributed by atoms with van der Waals surface area (Å²) in [4.78, 5) is 8.35. The molecule has 0 aliphatic heterocycles. The molecular weight excluding hydrogens is 357 g/mol. The lowest BCUT2D eigenvalue weighted by Crippen LogP contribution is -1.95. The Morgan fingerprint density at radius 3 is 2.29 bits per heavy atom. The van der Waals surface area contributed by atoms with Gasteiger partial charge in [0.2, 0.25) is 0 Å². The van der Waals surface area contributed by atoms with E-state index >= 15 is 0 Å². The van der Waals surface area contributed by atoms with Crippen LogP contribution in [0.15, 0.2) is 30.3 Å². The molecule has 0 unspecified atom stereocenters. The van der Waals surface area contributed by atoms with E-state index in [4.69, 9.17) is 46.4 Å². The number of hydrogen-bond donors (Lipinski definition) is 0. The van der Waals surface area contributed by atoms with Crippen molar-refractivity contribution in [2.45, 2.75) is 0 Å². The Bertz CT molecular complexity index is 867. The normalized spacial score (nSPS) is 11.1. The lowest BCUT2D eigenvalue weighted by atomic mass is 10.2. The van der Waals surface area contributed by atoms with Crippen LogP contribution >= 0.6 is 46.4 Å². The Kier molecular flexibility index (Phi) is 3.93. The third-order valence-corrected chi connectivity index (χ3v) is 4.08. The Hall–Kier alpha value is -1.13. The summed E-state index contributed by atoms with van der Waals surface area (Å²) in [6, 6.07) is 7.74. The third-order valence-electron chi connectivity index (χ3n) is 2.90. The first-order valence-corrected chi connectivity index (χ1v) is 7.26. The first-order valence-electron chi connectivity index (χ1n) is 5.74. The number of rotatable bonds is 1. The Labute approximate surface area is 139 Å². The molecule has 21 heavy (non-hydrogen) atoms. The van der Waals surface area contributed by atoms with E-state index < -0.39 is 5.82 Å². The fraction of sp³-hybridized carbons (Fsp3) is 0. The summed E-state index contributed by atoms with van der Waals surface area (Å²) in [5.41, 5.74) is 0.501. The van der Waals surface area contributed by atoms with Gasteiger partial charge in [0.05, 0.1) is 31.5 Å². The SMILES string of the molecule is Fc1c(Cl)cccc1-c1nc(Cl)c2c(Cl)ccc(Cl)c2n1. The van der Waals surface area contributed by atoms with Crippen LogP contribution in [-0.4, -0.2) is 9.97 Å².